The normalized spacial score (nSPS) is 13.8. The maximum Gasteiger partial charge on any atom is 0.325 e. The third-order valence-corrected chi connectivity index (χ3v) is 5.66. The summed E-state index contributed by atoms with van der Waals surface area (Å²) in [6.07, 6.45) is 0.914. The number of aliphatic hydroxyl groups excluding tert-OH is 1. The molecule has 3 rings (SSSR count). The van der Waals surface area contributed by atoms with Gasteiger partial charge in [-0.2, -0.15) is 0 Å². The van der Waals surface area contributed by atoms with Crippen molar-refractivity contribution in [1.29, 1.82) is 0 Å². The fourth-order valence-corrected chi connectivity index (χ4v) is 3.88. The third kappa shape index (κ3) is 5.74. The van der Waals surface area contributed by atoms with Crippen LogP contribution in [0.2, 0.25) is 0 Å². The van der Waals surface area contributed by atoms with Gasteiger partial charge in [-0.15, -0.1) is 0 Å². The van der Waals surface area contributed by atoms with E-state index in [1.165, 1.54) is 0 Å². The highest BCUT2D eigenvalue weighted by atomic mass is 16.5. The lowest BCUT2D eigenvalue weighted by Gasteiger charge is -2.23. The molecule has 2 aromatic heterocycles. The van der Waals surface area contributed by atoms with Crippen molar-refractivity contribution in [1.82, 2.24) is 19.4 Å². The van der Waals surface area contributed by atoms with Crippen molar-refractivity contribution in [3.05, 3.63) is 51.9 Å². The monoisotopic (exact) mass is 468 g/mol. The molecule has 0 radical (unpaired) electrons. The molecule has 34 heavy (non-hydrogen) atoms. The van der Waals surface area contributed by atoms with Crippen molar-refractivity contribution < 1.29 is 14.6 Å². The number of aromatic nitrogens is 3. The molecule has 0 aliphatic rings. The fourth-order valence-electron chi connectivity index (χ4n) is 3.88. The van der Waals surface area contributed by atoms with E-state index in [0.717, 1.165) is 34.5 Å². The molecule has 2 N–H and O–H groups in total. The van der Waals surface area contributed by atoms with E-state index < -0.39 is 18.1 Å². The molecule has 2 heterocycles. The molecule has 0 spiro atoms. The van der Waals surface area contributed by atoms with Crippen molar-refractivity contribution in [3.8, 4) is 11.4 Å². The number of aliphatic hydroxyl groups is 1. The molecule has 0 aliphatic carbocycles. The zero-order chi connectivity index (χ0) is 25.2. The van der Waals surface area contributed by atoms with Crippen LogP contribution in [0.4, 0.5) is 0 Å². The molecule has 0 amide bonds. The lowest BCUT2D eigenvalue weighted by Crippen LogP contribution is -2.46. The molecule has 0 saturated carbocycles. The van der Waals surface area contributed by atoms with Gasteiger partial charge in [-0.1, -0.05) is 26.8 Å². The zero-order valence-corrected chi connectivity index (χ0v) is 21.2. The number of pyridine rings is 1. The first-order chi connectivity index (χ1) is 15.9. The second-order valence-electron chi connectivity index (χ2n) is 10.1. The summed E-state index contributed by atoms with van der Waals surface area (Å²) in [5.74, 6) is 0.336. The first-order valence-corrected chi connectivity index (χ1v) is 11.7. The number of hydrogen-bond donors (Lipinski definition) is 2. The Hall–Kier alpha value is -2.97. The van der Waals surface area contributed by atoms with Crippen molar-refractivity contribution >= 4 is 17.0 Å². The van der Waals surface area contributed by atoms with Crippen LogP contribution in [-0.4, -0.2) is 43.9 Å². The molecule has 184 valence electrons. The van der Waals surface area contributed by atoms with E-state index in [1.54, 1.807) is 25.5 Å². The summed E-state index contributed by atoms with van der Waals surface area (Å²) < 4.78 is 9.09. The molecule has 0 aliphatic heterocycles. The maximum atomic E-state index is 12.5. The molecule has 8 heteroatoms. The second-order valence-corrected chi connectivity index (χ2v) is 10.1. The largest absolute Gasteiger partial charge is 0.464 e. The van der Waals surface area contributed by atoms with Gasteiger partial charge in [0, 0.05) is 37.5 Å². The first kappa shape index (κ1) is 25.6. The average molecular weight is 469 g/mol. The summed E-state index contributed by atoms with van der Waals surface area (Å²) in [7, 11) is 1.74. The highest BCUT2D eigenvalue weighted by Gasteiger charge is 2.26. The summed E-state index contributed by atoms with van der Waals surface area (Å²) in [5.41, 5.74) is 4.13. The Morgan fingerprint density at radius 3 is 2.56 bits per heavy atom. The Morgan fingerprint density at radius 2 is 1.97 bits per heavy atom. The van der Waals surface area contributed by atoms with Crippen LogP contribution in [-0.2, 0) is 29.7 Å². The summed E-state index contributed by atoms with van der Waals surface area (Å²) in [6.45, 7) is 12.8. The van der Waals surface area contributed by atoms with Gasteiger partial charge in [0.15, 0.2) is 0 Å². The highest BCUT2D eigenvalue weighted by Crippen LogP contribution is 2.25. The number of carbonyl (C=O) groups excluding carboxylic acids is 1. The number of fused-ring (bicyclic) bond motifs is 1. The van der Waals surface area contributed by atoms with E-state index in [4.69, 9.17) is 9.72 Å². The molecule has 0 bridgehead atoms. The minimum atomic E-state index is -0.893. The Labute approximate surface area is 200 Å². The molecule has 0 saturated heterocycles. The van der Waals surface area contributed by atoms with Gasteiger partial charge in [-0.05, 0) is 49.9 Å². The second kappa shape index (κ2) is 10.1. The molecule has 1 aromatic carbocycles. The standard InChI is InChI=1S/C26H36N4O4/c1-8-30-21-10-9-18(13-27-22(17(3)31)25(33)34-15-26(4,5)6)12-20(21)28-23(30)19-11-16(2)24(32)29(7)14-19/h9-12,14,17,22,27,31H,8,13,15H2,1-7H3/t17-,22+/m1/s1. The van der Waals surface area contributed by atoms with Crippen molar-refractivity contribution in [2.45, 2.75) is 66.8 Å². The number of hydrogen-bond acceptors (Lipinski definition) is 6. The number of esters is 1. The van der Waals surface area contributed by atoms with E-state index in [1.807, 2.05) is 51.2 Å². The zero-order valence-electron chi connectivity index (χ0n) is 21.2. The summed E-state index contributed by atoms with van der Waals surface area (Å²) >= 11 is 0. The van der Waals surface area contributed by atoms with Crippen molar-refractivity contribution in [3.63, 3.8) is 0 Å². The summed E-state index contributed by atoms with van der Waals surface area (Å²) in [6, 6.07) is 7.02. The molecular weight excluding hydrogens is 432 g/mol. The Morgan fingerprint density at radius 1 is 1.26 bits per heavy atom. The van der Waals surface area contributed by atoms with Crippen LogP contribution < -0.4 is 10.9 Å². The van der Waals surface area contributed by atoms with E-state index in [9.17, 15) is 14.7 Å². The number of imidazole rings is 1. The molecule has 3 aromatic rings. The number of rotatable bonds is 8. The number of aryl methyl sites for hydroxylation is 3. The number of nitrogens with zero attached hydrogens (tertiary/aromatic N) is 3. The highest BCUT2D eigenvalue weighted by molar-refractivity contribution is 5.81. The van der Waals surface area contributed by atoms with Gasteiger partial charge >= 0.3 is 5.97 Å². The van der Waals surface area contributed by atoms with Crippen LogP contribution in [0.25, 0.3) is 22.4 Å². The molecular formula is C26H36N4O4. The van der Waals surface area contributed by atoms with Crippen molar-refractivity contribution in [2.24, 2.45) is 12.5 Å². The van der Waals surface area contributed by atoms with E-state index in [0.29, 0.717) is 12.1 Å². The Kier molecular flexibility index (Phi) is 7.63. The van der Waals surface area contributed by atoms with Gasteiger partial charge in [-0.25, -0.2) is 4.98 Å². The average Bonchev–Trinajstić information content (AvgIpc) is 3.13. The third-order valence-electron chi connectivity index (χ3n) is 5.66. The van der Waals surface area contributed by atoms with Gasteiger partial charge in [0.05, 0.1) is 23.7 Å². The molecule has 2 atom stereocenters. The minimum absolute atomic E-state index is 0.0232. The number of carbonyl (C=O) groups is 1. The lowest BCUT2D eigenvalue weighted by atomic mass is 9.98. The quantitative estimate of drug-likeness (QED) is 0.493. The van der Waals surface area contributed by atoms with E-state index in [-0.39, 0.29) is 17.6 Å². The first-order valence-electron chi connectivity index (χ1n) is 11.7. The Bertz CT molecular complexity index is 1210. The van der Waals surface area contributed by atoms with Gasteiger partial charge in [0.25, 0.3) is 5.56 Å². The molecule has 0 unspecified atom stereocenters. The van der Waals surface area contributed by atoms with Gasteiger partial charge in [-0.3, -0.25) is 14.9 Å². The number of benzene rings is 1. The van der Waals surface area contributed by atoms with Crippen LogP contribution in [0.15, 0.2) is 35.3 Å². The van der Waals surface area contributed by atoms with Crippen LogP contribution in [0.5, 0.6) is 0 Å². The maximum absolute atomic E-state index is 12.5. The summed E-state index contributed by atoms with van der Waals surface area (Å²) in [5, 5.41) is 13.2. The van der Waals surface area contributed by atoms with E-state index >= 15 is 0 Å². The number of nitrogens with one attached hydrogen (secondary N) is 1. The molecule has 0 fully saturated rings. The van der Waals surface area contributed by atoms with Crippen LogP contribution >= 0.6 is 0 Å². The minimum Gasteiger partial charge on any atom is -0.464 e. The summed E-state index contributed by atoms with van der Waals surface area (Å²) in [4.78, 5) is 29.5. The number of ether oxygens (including phenoxy) is 1. The van der Waals surface area contributed by atoms with Crippen molar-refractivity contribution in [2.75, 3.05) is 6.61 Å². The van der Waals surface area contributed by atoms with Gasteiger partial charge < -0.3 is 19.0 Å². The van der Waals surface area contributed by atoms with E-state index in [2.05, 4.69) is 16.8 Å². The molecule has 8 nitrogen and oxygen atoms in total. The van der Waals surface area contributed by atoms with Gasteiger partial charge in [0.1, 0.15) is 11.9 Å². The van der Waals surface area contributed by atoms with Gasteiger partial charge in [0.2, 0.25) is 0 Å². The Balaban J connectivity index is 1.85. The smallest absolute Gasteiger partial charge is 0.325 e. The fraction of sp³-hybridized carbons (Fsp3) is 0.500. The topological polar surface area (TPSA) is 98.4 Å². The van der Waals surface area contributed by atoms with Crippen LogP contribution in [0, 0.1) is 12.3 Å². The SMILES string of the molecule is CCn1c(-c2cc(C)c(=O)n(C)c2)nc2cc(CN[C@H](C(=O)OCC(C)(C)C)[C@@H](C)O)ccc21. The predicted octanol–water partition coefficient (Wildman–Crippen LogP) is 3.16. The lowest BCUT2D eigenvalue weighted by molar-refractivity contribution is -0.151. The predicted molar refractivity (Wildman–Crippen MR) is 134 cm³/mol. The van der Waals surface area contributed by atoms with Crippen LogP contribution in [0.3, 0.4) is 0 Å². The van der Waals surface area contributed by atoms with Crippen LogP contribution in [0.1, 0.15) is 45.7 Å².